The minimum Gasteiger partial charge on any atom is -0.311 e. The zero-order valence-corrected chi connectivity index (χ0v) is 9.28. The molecule has 0 saturated carbocycles. The van der Waals surface area contributed by atoms with Crippen molar-refractivity contribution in [1.29, 1.82) is 0 Å². The van der Waals surface area contributed by atoms with E-state index in [2.05, 4.69) is 0 Å². The van der Waals surface area contributed by atoms with E-state index in [1.54, 1.807) is 6.26 Å². The van der Waals surface area contributed by atoms with Crippen molar-refractivity contribution in [3.63, 3.8) is 0 Å². The van der Waals surface area contributed by atoms with Crippen molar-refractivity contribution in [2.45, 2.75) is 6.61 Å². The molecule has 0 aliphatic heterocycles. The third-order valence-corrected chi connectivity index (χ3v) is 2.61. The summed E-state index contributed by atoms with van der Waals surface area (Å²) in [4.78, 5) is 0. The second-order valence-electron chi connectivity index (χ2n) is 2.48. The summed E-state index contributed by atoms with van der Waals surface area (Å²) < 4.78 is 43.7. The summed E-state index contributed by atoms with van der Waals surface area (Å²) in [5.74, 6) is -3.06. The lowest BCUT2D eigenvalue weighted by Gasteiger charge is -2.07. The zero-order chi connectivity index (χ0) is 10.7. The molecule has 0 heterocycles. The molecule has 0 N–H and O–H groups in total. The van der Waals surface area contributed by atoms with Crippen LogP contribution in [0.3, 0.4) is 0 Å². The van der Waals surface area contributed by atoms with E-state index < -0.39 is 17.5 Å². The Morgan fingerprint density at radius 1 is 1.36 bits per heavy atom. The molecule has 0 aliphatic rings. The van der Waals surface area contributed by atoms with Gasteiger partial charge in [-0.05, 0) is 12.0 Å². The van der Waals surface area contributed by atoms with Crippen LogP contribution in [-0.2, 0) is 10.8 Å². The molecule has 1 aromatic rings. The molecule has 78 valence electrons. The van der Waals surface area contributed by atoms with Crippen LogP contribution in [0.4, 0.5) is 13.2 Å². The Labute approximate surface area is 86.4 Å². The van der Waals surface area contributed by atoms with Crippen LogP contribution in [0.5, 0.6) is 0 Å². The van der Waals surface area contributed by atoms with Crippen LogP contribution in [-0.4, -0.2) is 6.26 Å². The van der Waals surface area contributed by atoms with E-state index in [9.17, 15) is 13.2 Å². The highest BCUT2D eigenvalue weighted by Crippen LogP contribution is 2.17. The van der Waals surface area contributed by atoms with Gasteiger partial charge in [-0.15, -0.1) is 9.24 Å². The third kappa shape index (κ3) is 2.41. The lowest BCUT2D eigenvalue weighted by Crippen LogP contribution is -2.12. The highest BCUT2D eigenvalue weighted by molar-refractivity contribution is 7.93. The molecule has 0 radical (unpaired) electrons. The predicted molar refractivity (Wildman–Crippen MR) is 54.0 cm³/mol. The van der Waals surface area contributed by atoms with Gasteiger partial charge in [0, 0.05) is 23.2 Å². The van der Waals surface area contributed by atoms with Crippen LogP contribution < -0.4 is 5.30 Å². The minimum absolute atomic E-state index is 0.00190. The predicted octanol–water partition coefficient (Wildman–Crippen LogP) is 2.40. The Morgan fingerprint density at radius 2 is 2.00 bits per heavy atom. The van der Waals surface area contributed by atoms with Crippen molar-refractivity contribution in [1.82, 2.24) is 0 Å². The number of hydrogen-bond acceptors (Lipinski definition) is 2. The Morgan fingerprint density at radius 3 is 2.57 bits per heavy atom. The van der Waals surface area contributed by atoms with Gasteiger partial charge in [-0.1, -0.05) is 0 Å². The second kappa shape index (κ2) is 5.01. The van der Waals surface area contributed by atoms with Crippen LogP contribution >= 0.6 is 21.3 Å². The van der Waals surface area contributed by atoms with Gasteiger partial charge >= 0.3 is 0 Å². The van der Waals surface area contributed by atoms with Gasteiger partial charge in [0.1, 0.15) is 5.82 Å². The maximum absolute atomic E-state index is 13.1. The summed E-state index contributed by atoms with van der Waals surface area (Å²) in [5, 5.41) is -0.00190. The van der Waals surface area contributed by atoms with Crippen molar-refractivity contribution in [3.8, 4) is 0 Å². The Hall–Kier alpha value is -0.250. The van der Waals surface area contributed by atoms with Crippen molar-refractivity contribution < 1.29 is 17.4 Å². The van der Waals surface area contributed by atoms with E-state index in [1.807, 2.05) is 9.24 Å². The van der Waals surface area contributed by atoms with Crippen molar-refractivity contribution in [2.24, 2.45) is 0 Å². The Bertz CT molecular complexity index is 320. The van der Waals surface area contributed by atoms with Gasteiger partial charge in [-0.25, -0.2) is 13.2 Å². The normalized spacial score (nSPS) is 10.6. The molecule has 1 atom stereocenters. The molecule has 0 amide bonds. The first-order chi connectivity index (χ1) is 6.57. The fourth-order valence-corrected chi connectivity index (χ4v) is 1.45. The fourth-order valence-electron chi connectivity index (χ4n) is 0.918. The molecule has 6 heteroatoms. The van der Waals surface area contributed by atoms with Crippen LogP contribution in [0.2, 0.25) is 0 Å². The van der Waals surface area contributed by atoms with Gasteiger partial charge in [0.25, 0.3) is 0 Å². The average molecular weight is 240 g/mol. The highest BCUT2D eigenvalue weighted by atomic mass is 32.2. The molecule has 0 fully saturated rings. The molecule has 0 saturated heterocycles. The zero-order valence-electron chi connectivity index (χ0n) is 7.31. The molecule has 0 spiro atoms. The van der Waals surface area contributed by atoms with Crippen molar-refractivity contribution >= 4 is 26.6 Å². The van der Waals surface area contributed by atoms with E-state index in [1.165, 1.54) is 0 Å². The molecular formula is C8H8F3OPS. The molecule has 1 aromatic carbocycles. The van der Waals surface area contributed by atoms with Gasteiger partial charge in [-0.2, -0.15) is 0 Å². The van der Waals surface area contributed by atoms with E-state index >= 15 is 0 Å². The standard InChI is InChI=1S/C8H8F3OPS/c1-14-12-3-4-7(11)5(9)2-6(10)8(4)13/h2H,3,13H2,1H3. The first-order valence-electron chi connectivity index (χ1n) is 3.65. The summed E-state index contributed by atoms with van der Waals surface area (Å²) in [6.45, 7) is -0.166. The first-order valence-corrected chi connectivity index (χ1v) is 5.38. The largest absolute Gasteiger partial charge is 0.311 e. The maximum atomic E-state index is 13.1. The SMILES string of the molecule is CSOCc1c(F)c(F)cc(F)c1P. The lowest BCUT2D eigenvalue weighted by molar-refractivity contribution is 0.351. The molecule has 0 bridgehead atoms. The van der Waals surface area contributed by atoms with Crippen LogP contribution in [0.25, 0.3) is 0 Å². The van der Waals surface area contributed by atoms with Crippen molar-refractivity contribution in [2.75, 3.05) is 6.26 Å². The van der Waals surface area contributed by atoms with E-state index in [4.69, 9.17) is 4.18 Å². The highest BCUT2D eigenvalue weighted by Gasteiger charge is 2.15. The minimum atomic E-state index is -1.20. The topological polar surface area (TPSA) is 9.23 Å². The third-order valence-electron chi connectivity index (χ3n) is 1.63. The van der Waals surface area contributed by atoms with Gasteiger partial charge in [-0.3, -0.25) is 0 Å². The van der Waals surface area contributed by atoms with Crippen LogP contribution in [0, 0.1) is 17.5 Å². The van der Waals surface area contributed by atoms with E-state index in [0.29, 0.717) is 6.07 Å². The number of rotatable bonds is 3. The first kappa shape index (κ1) is 11.8. The second-order valence-corrected chi connectivity index (χ2v) is 3.62. The van der Waals surface area contributed by atoms with E-state index in [0.717, 1.165) is 12.0 Å². The average Bonchev–Trinajstić information content (AvgIpc) is 2.15. The Balaban J connectivity index is 3.11. The van der Waals surface area contributed by atoms with Gasteiger partial charge < -0.3 is 4.18 Å². The number of benzene rings is 1. The van der Waals surface area contributed by atoms with Crippen molar-refractivity contribution in [3.05, 3.63) is 29.1 Å². The van der Waals surface area contributed by atoms with Gasteiger partial charge in [0.15, 0.2) is 11.6 Å². The smallest absolute Gasteiger partial charge is 0.165 e. The van der Waals surface area contributed by atoms with Gasteiger partial charge in [0.05, 0.1) is 6.61 Å². The molecule has 1 rings (SSSR count). The van der Waals surface area contributed by atoms with Crippen LogP contribution in [0.1, 0.15) is 5.56 Å². The quantitative estimate of drug-likeness (QED) is 0.456. The molecule has 1 unspecified atom stereocenters. The lowest BCUT2D eigenvalue weighted by atomic mass is 10.2. The summed E-state index contributed by atoms with van der Waals surface area (Å²) in [7, 11) is 2.03. The maximum Gasteiger partial charge on any atom is 0.165 e. The molecule has 0 aliphatic carbocycles. The van der Waals surface area contributed by atoms with Gasteiger partial charge in [0.2, 0.25) is 0 Å². The van der Waals surface area contributed by atoms with E-state index in [-0.39, 0.29) is 17.5 Å². The summed E-state index contributed by atoms with van der Waals surface area (Å²) in [6.07, 6.45) is 1.63. The molecule has 14 heavy (non-hydrogen) atoms. The fraction of sp³-hybridized carbons (Fsp3) is 0.250. The summed E-state index contributed by atoms with van der Waals surface area (Å²) in [6, 6.07) is 0.514. The summed E-state index contributed by atoms with van der Waals surface area (Å²) >= 11 is 1.00. The number of halogens is 3. The monoisotopic (exact) mass is 240 g/mol. The van der Waals surface area contributed by atoms with Crippen LogP contribution in [0.15, 0.2) is 6.07 Å². The molecule has 0 aromatic heterocycles. The summed E-state index contributed by atoms with van der Waals surface area (Å²) in [5.41, 5.74) is -0.109. The molecule has 1 nitrogen and oxygen atoms in total. The molecular weight excluding hydrogens is 232 g/mol. The number of hydrogen-bond donors (Lipinski definition) is 0. The Kier molecular flexibility index (Phi) is 4.23.